The lowest BCUT2D eigenvalue weighted by atomic mass is 10.1. The molecule has 9 heteroatoms. The van der Waals surface area contributed by atoms with E-state index < -0.39 is 0 Å². The molecule has 3 N–H and O–H groups in total. The van der Waals surface area contributed by atoms with Crippen LogP contribution in [0.4, 0.5) is 11.4 Å². The van der Waals surface area contributed by atoms with Gasteiger partial charge in [0.2, 0.25) is 5.82 Å². The fourth-order valence-electron chi connectivity index (χ4n) is 2.21. The van der Waals surface area contributed by atoms with Gasteiger partial charge in [0.15, 0.2) is 0 Å². The zero-order chi connectivity index (χ0) is 19.1. The number of methoxy groups -OCH3 is 1. The third kappa shape index (κ3) is 4.46. The molecule has 1 amide bonds. The molecule has 0 saturated carbocycles. The second kappa shape index (κ2) is 8.26. The summed E-state index contributed by atoms with van der Waals surface area (Å²) in [4.78, 5) is 12.4. The molecule has 0 atom stereocenters. The van der Waals surface area contributed by atoms with Gasteiger partial charge in [0.1, 0.15) is 17.4 Å². The summed E-state index contributed by atoms with van der Waals surface area (Å²) >= 11 is 0. The highest BCUT2D eigenvalue weighted by Crippen LogP contribution is 2.17. The van der Waals surface area contributed by atoms with Crippen molar-refractivity contribution in [2.75, 3.05) is 17.7 Å². The van der Waals surface area contributed by atoms with E-state index in [2.05, 4.69) is 31.3 Å². The minimum Gasteiger partial charge on any atom is -0.497 e. The molecule has 1 heterocycles. The van der Waals surface area contributed by atoms with Crippen LogP contribution in [0.5, 0.6) is 5.75 Å². The molecule has 0 spiro atoms. The normalized spacial score (nSPS) is 10.7. The number of carbonyl (C=O) groups excluding carboxylic acids is 1. The quantitative estimate of drug-likeness (QED) is 0.575. The zero-order valence-electron chi connectivity index (χ0n) is 14.3. The predicted molar refractivity (Wildman–Crippen MR) is 98.8 cm³/mol. The Bertz CT molecular complexity index is 989. The summed E-state index contributed by atoms with van der Waals surface area (Å²) in [5.74, 6) is 0.630. The topological polar surface area (TPSA) is 129 Å². The number of aromatic amines is 1. The van der Waals surface area contributed by atoms with Crippen LogP contribution in [-0.4, -0.2) is 33.6 Å². The number of nitriles is 1. The average Bonchev–Trinajstić information content (AvgIpc) is 3.24. The number of nitrogens with one attached hydrogen (secondary N) is 3. The molecule has 1 aromatic heterocycles. The Balaban J connectivity index is 1.71. The van der Waals surface area contributed by atoms with Gasteiger partial charge in [0.05, 0.1) is 7.11 Å². The number of carbonyl (C=O) groups is 1. The molecule has 0 aliphatic heterocycles. The van der Waals surface area contributed by atoms with E-state index in [9.17, 15) is 4.79 Å². The van der Waals surface area contributed by atoms with E-state index in [1.54, 1.807) is 55.6 Å². The highest BCUT2D eigenvalue weighted by Gasteiger charge is 2.08. The molecular formula is C18H15N7O2. The van der Waals surface area contributed by atoms with Gasteiger partial charge >= 0.3 is 0 Å². The van der Waals surface area contributed by atoms with E-state index >= 15 is 0 Å². The molecular weight excluding hydrogens is 346 g/mol. The van der Waals surface area contributed by atoms with Gasteiger partial charge < -0.3 is 15.4 Å². The molecule has 9 nitrogen and oxygen atoms in total. The molecule has 0 aliphatic rings. The highest BCUT2D eigenvalue weighted by atomic mass is 16.5. The SMILES string of the molecule is COc1ccc(NC(=O)c2cccc(NC=C(C#N)c3nn[nH]n3)c2)cc1. The van der Waals surface area contributed by atoms with Crippen molar-refractivity contribution in [3.63, 3.8) is 0 Å². The van der Waals surface area contributed by atoms with Crippen molar-refractivity contribution in [3.8, 4) is 11.8 Å². The van der Waals surface area contributed by atoms with Crippen LogP contribution in [0, 0.1) is 11.3 Å². The van der Waals surface area contributed by atoms with Crippen molar-refractivity contribution in [2.24, 2.45) is 0 Å². The van der Waals surface area contributed by atoms with E-state index in [1.807, 2.05) is 6.07 Å². The Hall–Kier alpha value is -4.19. The summed E-state index contributed by atoms with van der Waals surface area (Å²) in [5.41, 5.74) is 1.95. The van der Waals surface area contributed by atoms with Crippen LogP contribution in [0.2, 0.25) is 0 Å². The second-order valence-electron chi connectivity index (χ2n) is 5.31. The molecule has 0 aliphatic carbocycles. The first kappa shape index (κ1) is 17.6. The first-order valence-corrected chi connectivity index (χ1v) is 7.85. The smallest absolute Gasteiger partial charge is 0.255 e. The number of anilines is 2. The maximum Gasteiger partial charge on any atom is 0.255 e. The van der Waals surface area contributed by atoms with E-state index in [0.717, 1.165) is 0 Å². The summed E-state index contributed by atoms with van der Waals surface area (Å²) in [6, 6.07) is 15.9. The van der Waals surface area contributed by atoms with Gasteiger partial charge in [-0.2, -0.15) is 10.5 Å². The lowest BCUT2D eigenvalue weighted by molar-refractivity contribution is 0.102. The van der Waals surface area contributed by atoms with Gasteiger partial charge in [-0.1, -0.05) is 6.07 Å². The fourth-order valence-corrected chi connectivity index (χ4v) is 2.21. The van der Waals surface area contributed by atoms with Crippen molar-refractivity contribution in [2.45, 2.75) is 0 Å². The van der Waals surface area contributed by atoms with Crippen LogP contribution < -0.4 is 15.4 Å². The van der Waals surface area contributed by atoms with Crippen molar-refractivity contribution >= 4 is 22.9 Å². The lowest BCUT2D eigenvalue weighted by Gasteiger charge is -2.08. The van der Waals surface area contributed by atoms with Crippen molar-refractivity contribution < 1.29 is 9.53 Å². The summed E-state index contributed by atoms with van der Waals surface area (Å²) < 4.78 is 5.09. The predicted octanol–water partition coefficient (Wildman–Crippen LogP) is 2.44. The van der Waals surface area contributed by atoms with E-state index in [1.165, 1.54) is 6.20 Å². The van der Waals surface area contributed by atoms with Crippen LogP contribution in [0.1, 0.15) is 16.2 Å². The van der Waals surface area contributed by atoms with Gasteiger partial charge in [0, 0.05) is 23.1 Å². The zero-order valence-corrected chi connectivity index (χ0v) is 14.3. The Morgan fingerprint density at radius 1 is 1.22 bits per heavy atom. The molecule has 0 unspecified atom stereocenters. The summed E-state index contributed by atoms with van der Waals surface area (Å²) in [6.07, 6.45) is 1.45. The minimum atomic E-state index is -0.258. The Morgan fingerprint density at radius 3 is 2.70 bits per heavy atom. The molecule has 3 aromatic rings. The average molecular weight is 361 g/mol. The molecule has 134 valence electrons. The summed E-state index contributed by atoms with van der Waals surface area (Å²) in [7, 11) is 1.58. The first-order valence-electron chi connectivity index (χ1n) is 7.85. The number of amides is 1. The maximum atomic E-state index is 12.4. The number of hydrogen-bond donors (Lipinski definition) is 3. The van der Waals surface area contributed by atoms with Gasteiger partial charge in [-0.25, -0.2) is 0 Å². The number of tetrazole rings is 1. The molecule has 27 heavy (non-hydrogen) atoms. The maximum absolute atomic E-state index is 12.4. The van der Waals surface area contributed by atoms with Crippen molar-refractivity contribution in [3.05, 3.63) is 66.1 Å². The fraction of sp³-hybridized carbons (Fsp3) is 0.0556. The number of allylic oxidation sites excluding steroid dienone is 1. The second-order valence-corrected chi connectivity index (χ2v) is 5.31. The van der Waals surface area contributed by atoms with E-state index in [4.69, 9.17) is 10.00 Å². The lowest BCUT2D eigenvalue weighted by Crippen LogP contribution is -2.12. The molecule has 0 fully saturated rings. The third-order valence-corrected chi connectivity index (χ3v) is 3.56. The Morgan fingerprint density at radius 2 is 2.04 bits per heavy atom. The monoisotopic (exact) mass is 361 g/mol. The van der Waals surface area contributed by atoms with Gasteiger partial charge in [-0.3, -0.25) is 4.79 Å². The summed E-state index contributed by atoms with van der Waals surface area (Å²) in [6.45, 7) is 0. The standard InChI is InChI=1S/C18H15N7O2/c1-27-16-7-5-14(6-8-16)21-18(26)12-3-2-4-15(9-12)20-11-13(10-19)17-22-24-25-23-17/h2-9,11,20H,1H3,(H,21,26)(H,22,23,24,25). The van der Waals surface area contributed by atoms with Crippen LogP contribution in [0.15, 0.2) is 54.7 Å². The summed E-state index contributed by atoms with van der Waals surface area (Å²) in [5, 5.41) is 28.1. The third-order valence-electron chi connectivity index (χ3n) is 3.56. The van der Waals surface area contributed by atoms with E-state index in [-0.39, 0.29) is 17.3 Å². The number of aromatic nitrogens is 4. The molecule has 0 bridgehead atoms. The Labute approximate surface area is 154 Å². The molecule has 3 rings (SSSR count). The Kier molecular flexibility index (Phi) is 5.39. The highest BCUT2D eigenvalue weighted by molar-refractivity contribution is 6.04. The van der Waals surface area contributed by atoms with Crippen LogP contribution >= 0.6 is 0 Å². The molecule has 2 aromatic carbocycles. The number of ether oxygens (including phenoxy) is 1. The number of nitrogens with zero attached hydrogens (tertiary/aromatic N) is 4. The molecule has 0 saturated heterocycles. The first-order chi connectivity index (χ1) is 13.2. The van der Waals surface area contributed by atoms with Crippen LogP contribution in [-0.2, 0) is 0 Å². The number of rotatable bonds is 6. The minimum absolute atomic E-state index is 0.179. The largest absolute Gasteiger partial charge is 0.497 e. The van der Waals surface area contributed by atoms with Crippen LogP contribution in [0.25, 0.3) is 5.57 Å². The van der Waals surface area contributed by atoms with Gasteiger partial charge in [0.25, 0.3) is 5.91 Å². The van der Waals surface area contributed by atoms with Crippen LogP contribution in [0.3, 0.4) is 0 Å². The van der Waals surface area contributed by atoms with Crippen molar-refractivity contribution in [1.82, 2.24) is 20.6 Å². The molecule has 0 radical (unpaired) electrons. The number of benzene rings is 2. The van der Waals surface area contributed by atoms with Gasteiger partial charge in [-0.05, 0) is 47.7 Å². The van der Waals surface area contributed by atoms with E-state index in [0.29, 0.717) is 22.7 Å². The number of hydrogen-bond acceptors (Lipinski definition) is 7. The van der Waals surface area contributed by atoms with Crippen molar-refractivity contribution in [1.29, 1.82) is 5.26 Å². The van der Waals surface area contributed by atoms with Gasteiger partial charge in [-0.15, -0.1) is 10.2 Å². The number of H-pyrrole nitrogens is 1.